The van der Waals surface area contributed by atoms with Gasteiger partial charge in [0.15, 0.2) is 0 Å². The van der Waals surface area contributed by atoms with Crippen LogP contribution in [0, 0.1) is 10.1 Å². The highest BCUT2D eigenvalue weighted by molar-refractivity contribution is 5.56. The lowest BCUT2D eigenvalue weighted by Crippen LogP contribution is -2.08. The minimum atomic E-state index is -2.76. The average Bonchev–Trinajstić information content (AvgIpc) is 2.96. The Labute approximate surface area is 119 Å². The van der Waals surface area contributed by atoms with Crippen LogP contribution in [0.2, 0.25) is 0 Å². The smallest absolute Gasteiger partial charge is 0.270 e. The SMILES string of the molecule is O=[N+]([O-])c1ccc(NCCCn2ccnc2)c(C(F)F)c1. The molecule has 0 aliphatic rings. The number of rotatable bonds is 7. The number of aromatic nitrogens is 2. The van der Waals surface area contributed by atoms with Crippen molar-refractivity contribution in [2.24, 2.45) is 0 Å². The second-order valence-corrected chi connectivity index (χ2v) is 4.41. The van der Waals surface area contributed by atoms with Gasteiger partial charge in [0, 0.05) is 48.9 Å². The zero-order valence-electron chi connectivity index (χ0n) is 11.1. The second-order valence-electron chi connectivity index (χ2n) is 4.41. The Bertz CT molecular complexity index is 602. The molecule has 0 saturated carbocycles. The molecule has 112 valence electrons. The van der Waals surface area contributed by atoms with E-state index in [-0.39, 0.29) is 16.9 Å². The van der Waals surface area contributed by atoms with Gasteiger partial charge >= 0.3 is 0 Å². The highest BCUT2D eigenvalue weighted by Gasteiger charge is 2.17. The summed E-state index contributed by atoms with van der Waals surface area (Å²) >= 11 is 0. The number of aryl methyl sites for hydroxylation is 1. The van der Waals surface area contributed by atoms with Crippen LogP contribution in [0.3, 0.4) is 0 Å². The van der Waals surface area contributed by atoms with Crippen molar-refractivity contribution in [1.29, 1.82) is 0 Å². The fourth-order valence-electron chi connectivity index (χ4n) is 1.91. The molecule has 0 fully saturated rings. The monoisotopic (exact) mass is 296 g/mol. The van der Waals surface area contributed by atoms with Crippen LogP contribution in [-0.2, 0) is 6.54 Å². The first-order valence-electron chi connectivity index (χ1n) is 6.34. The van der Waals surface area contributed by atoms with Crippen molar-refractivity contribution in [2.75, 3.05) is 11.9 Å². The molecule has 1 N–H and O–H groups in total. The molecule has 0 saturated heterocycles. The molecule has 8 heteroatoms. The van der Waals surface area contributed by atoms with Crippen molar-refractivity contribution in [3.8, 4) is 0 Å². The van der Waals surface area contributed by atoms with Crippen LogP contribution >= 0.6 is 0 Å². The lowest BCUT2D eigenvalue weighted by atomic mass is 10.1. The number of imidazole rings is 1. The molecule has 0 unspecified atom stereocenters. The predicted octanol–water partition coefficient (Wildman–Crippen LogP) is 3.23. The normalized spacial score (nSPS) is 10.8. The summed E-state index contributed by atoms with van der Waals surface area (Å²) in [4.78, 5) is 13.8. The fraction of sp³-hybridized carbons (Fsp3) is 0.308. The number of nitro benzene ring substituents is 1. The van der Waals surface area contributed by atoms with Crippen LogP contribution in [0.15, 0.2) is 36.9 Å². The van der Waals surface area contributed by atoms with Crippen LogP contribution in [-0.4, -0.2) is 21.0 Å². The highest BCUT2D eigenvalue weighted by Crippen LogP contribution is 2.30. The second kappa shape index (κ2) is 6.78. The topological polar surface area (TPSA) is 73.0 Å². The van der Waals surface area contributed by atoms with Gasteiger partial charge in [0.25, 0.3) is 12.1 Å². The van der Waals surface area contributed by atoms with Crippen molar-refractivity contribution in [2.45, 2.75) is 19.4 Å². The molecule has 1 aromatic carbocycles. The Kier molecular flexibility index (Phi) is 4.81. The Balaban J connectivity index is 1.97. The van der Waals surface area contributed by atoms with E-state index < -0.39 is 11.3 Å². The maximum atomic E-state index is 12.9. The van der Waals surface area contributed by atoms with E-state index in [0.29, 0.717) is 13.1 Å². The standard InChI is InChI=1S/C13H14F2N4O2/c14-13(15)11-8-10(19(20)21)2-3-12(11)17-4-1-6-18-7-5-16-9-18/h2-3,5,7-9,13,17H,1,4,6H2. The zero-order chi connectivity index (χ0) is 15.2. The van der Waals surface area contributed by atoms with E-state index in [1.807, 2.05) is 10.8 Å². The molecule has 6 nitrogen and oxygen atoms in total. The number of non-ortho nitro benzene ring substituents is 1. The first-order chi connectivity index (χ1) is 10.1. The van der Waals surface area contributed by atoms with Crippen LogP contribution in [0.4, 0.5) is 20.2 Å². The molecular weight excluding hydrogens is 282 g/mol. The number of hydrogen-bond donors (Lipinski definition) is 1. The molecule has 0 bridgehead atoms. The summed E-state index contributed by atoms with van der Waals surface area (Å²) in [6, 6.07) is 3.43. The van der Waals surface area contributed by atoms with Crippen LogP contribution in [0.1, 0.15) is 18.4 Å². The van der Waals surface area contributed by atoms with Gasteiger partial charge in [-0.3, -0.25) is 10.1 Å². The van der Waals surface area contributed by atoms with Crippen molar-refractivity contribution in [3.63, 3.8) is 0 Å². The molecule has 2 rings (SSSR count). The van der Waals surface area contributed by atoms with E-state index in [1.54, 1.807) is 12.5 Å². The zero-order valence-corrected chi connectivity index (χ0v) is 11.1. The van der Waals surface area contributed by atoms with Crippen molar-refractivity contribution >= 4 is 11.4 Å². The number of halogens is 2. The number of anilines is 1. The van der Waals surface area contributed by atoms with Crippen molar-refractivity contribution in [1.82, 2.24) is 9.55 Å². The average molecular weight is 296 g/mol. The number of nitrogens with zero attached hydrogens (tertiary/aromatic N) is 3. The summed E-state index contributed by atoms with van der Waals surface area (Å²) in [5.41, 5.74) is -0.470. The Morgan fingerprint density at radius 1 is 1.43 bits per heavy atom. The van der Waals surface area contributed by atoms with Gasteiger partial charge in [-0.1, -0.05) is 0 Å². The minimum absolute atomic E-state index is 0.223. The molecule has 0 radical (unpaired) electrons. The van der Waals surface area contributed by atoms with E-state index in [4.69, 9.17) is 0 Å². The summed E-state index contributed by atoms with van der Waals surface area (Å²) in [6.45, 7) is 1.19. The number of alkyl halides is 2. The summed E-state index contributed by atoms with van der Waals surface area (Å²) in [7, 11) is 0. The maximum absolute atomic E-state index is 12.9. The molecular formula is C13H14F2N4O2. The van der Waals surface area contributed by atoms with E-state index in [9.17, 15) is 18.9 Å². The number of nitro groups is 1. The summed E-state index contributed by atoms with van der Waals surface area (Å²) < 4.78 is 27.7. The van der Waals surface area contributed by atoms with Gasteiger partial charge < -0.3 is 9.88 Å². The lowest BCUT2D eigenvalue weighted by Gasteiger charge is -2.11. The molecule has 0 atom stereocenters. The van der Waals surface area contributed by atoms with E-state index in [2.05, 4.69) is 10.3 Å². The van der Waals surface area contributed by atoms with Crippen molar-refractivity contribution in [3.05, 3.63) is 52.6 Å². The molecule has 0 aliphatic heterocycles. The van der Waals surface area contributed by atoms with Crippen LogP contribution in [0.5, 0.6) is 0 Å². The van der Waals surface area contributed by atoms with Gasteiger partial charge in [-0.05, 0) is 12.5 Å². The number of nitrogens with one attached hydrogen (secondary N) is 1. The van der Waals surface area contributed by atoms with Crippen molar-refractivity contribution < 1.29 is 13.7 Å². The quantitative estimate of drug-likeness (QED) is 0.483. The summed E-state index contributed by atoms with van der Waals surface area (Å²) in [5.74, 6) is 0. The fourth-order valence-corrected chi connectivity index (χ4v) is 1.91. The minimum Gasteiger partial charge on any atom is -0.385 e. The van der Waals surface area contributed by atoms with Gasteiger partial charge in [-0.25, -0.2) is 13.8 Å². The summed E-state index contributed by atoms with van der Waals surface area (Å²) in [5, 5.41) is 13.5. The van der Waals surface area contributed by atoms with Gasteiger partial charge in [0.2, 0.25) is 0 Å². The first kappa shape index (κ1) is 14.9. The molecule has 0 amide bonds. The Hall–Kier alpha value is -2.51. The molecule has 1 aromatic heterocycles. The summed E-state index contributed by atoms with van der Waals surface area (Å²) in [6.07, 6.45) is 3.11. The molecule has 0 spiro atoms. The van der Waals surface area contributed by atoms with Gasteiger partial charge in [0.1, 0.15) is 0 Å². The van der Waals surface area contributed by atoms with Gasteiger partial charge in [-0.15, -0.1) is 0 Å². The van der Waals surface area contributed by atoms with Crippen LogP contribution in [0.25, 0.3) is 0 Å². The maximum Gasteiger partial charge on any atom is 0.270 e. The van der Waals surface area contributed by atoms with E-state index in [1.165, 1.54) is 12.1 Å². The lowest BCUT2D eigenvalue weighted by molar-refractivity contribution is -0.385. The van der Waals surface area contributed by atoms with E-state index >= 15 is 0 Å². The largest absolute Gasteiger partial charge is 0.385 e. The third kappa shape index (κ3) is 3.98. The first-order valence-corrected chi connectivity index (χ1v) is 6.34. The highest BCUT2D eigenvalue weighted by atomic mass is 19.3. The predicted molar refractivity (Wildman–Crippen MR) is 73.4 cm³/mol. The third-order valence-corrected chi connectivity index (χ3v) is 2.95. The van der Waals surface area contributed by atoms with Gasteiger partial charge in [0.05, 0.1) is 11.3 Å². The molecule has 0 aliphatic carbocycles. The Morgan fingerprint density at radius 3 is 2.86 bits per heavy atom. The van der Waals surface area contributed by atoms with Gasteiger partial charge in [-0.2, -0.15) is 0 Å². The molecule has 21 heavy (non-hydrogen) atoms. The number of hydrogen-bond acceptors (Lipinski definition) is 4. The third-order valence-electron chi connectivity index (χ3n) is 2.95. The Morgan fingerprint density at radius 2 is 2.24 bits per heavy atom. The molecule has 2 aromatic rings. The van der Waals surface area contributed by atoms with E-state index in [0.717, 1.165) is 12.5 Å². The van der Waals surface area contributed by atoms with Crippen LogP contribution < -0.4 is 5.32 Å². The molecule has 1 heterocycles. The number of benzene rings is 1.